The predicted octanol–water partition coefficient (Wildman–Crippen LogP) is 1.90. The zero-order valence-corrected chi connectivity index (χ0v) is 8.48. The van der Waals surface area contributed by atoms with Crippen LogP contribution < -0.4 is 5.73 Å². The lowest BCUT2D eigenvalue weighted by Crippen LogP contribution is -2.06. The molecule has 0 aliphatic heterocycles. The lowest BCUT2D eigenvalue weighted by Gasteiger charge is -1.97. The first-order valence-electron chi connectivity index (χ1n) is 4.21. The van der Waals surface area contributed by atoms with E-state index in [4.69, 9.17) is 5.73 Å². The molecular formula is C9H14N2S. The Balaban J connectivity index is 2.24. The molecule has 66 valence electrons. The average Bonchev–Trinajstić information content (AvgIpc) is 2.38. The number of aromatic nitrogens is 1. The second-order valence-electron chi connectivity index (χ2n) is 4.11. The number of hydrogen-bond acceptors (Lipinski definition) is 3. The highest BCUT2D eigenvalue weighted by Gasteiger charge is 2.56. The van der Waals surface area contributed by atoms with E-state index in [9.17, 15) is 0 Å². The summed E-state index contributed by atoms with van der Waals surface area (Å²) < 4.78 is 0. The van der Waals surface area contributed by atoms with Gasteiger partial charge in [-0.2, -0.15) is 0 Å². The summed E-state index contributed by atoms with van der Waals surface area (Å²) in [6, 6.07) is 0.331. The fourth-order valence-corrected chi connectivity index (χ4v) is 2.87. The van der Waals surface area contributed by atoms with E-state index in [1.165, 1.54) is 4.88 Å². The summed E-state index contributed by atoms with van der Waals surface area (Å²) in [4.78, 5) is 5.59. The number of thiazole rings is 1. The van der Waals surface area contributed by atoms with Crippen molar-refractivity contribution in [1.29, 1.82) is 0 Å². The molecule has 1 aliphatic rings. The van der Waals surface area contributed by atoms with Crippen molar-refractivity contribution >= 4 is 11.3 Å². The number of aryl methyl sites for hydroxylation is 1. The Bertz CT molecular complexity index is 303. The molecule has 1 saturated carbocycles. The molecule has 0 bridgehead atoms. The zero-order valence-electron chi connectivity index (χ0n) is 7.66. The summed E-state index contributed by atoms with van der Waals surface area (Å²) in [5, 5.41) is 1.14. The van der Waals surface area contributed by atoms with Crippen molar-refractivity contribution < 1.29 is 0 Å². The van der Waals surface area contributed by atoms with Crippen molar-refractivity contribution in [1.82, 2.24) is 4.98 Å². The third kappa shape index (κ3) is 1.00. The molecule has 3 heteroatoms. The van der Waals surface area contributed by atoms with E-state index < -0.39 is 0 Å². The Morgan fingerprint density at radius 1 is 1.58 bits per heavy atom. The van der Waals surface area contributed by atoms with Crippen molar-refractivity contribution in [3.63, 3.8) is 0 Å². The molecule has 1 fully saturated rings. The van der Waals surface area contributed by atoms with E-state index >= 15 is 0 Å². The van der Waals surface area contributed by atoms with Gasteiger partial charge in [0, 0.05) is 23.0 Å². The van der Waals surface area contributed by atoms with Gasteiger partial charge in [-0.25, -0.2) is 4.98 Å². The van der Waals surface area contributed by atoms with Gasteiger partial charge in [0.1, 0.15) is 0 Å². The minimum absolute atomic E-state index is 0.291. The molecule has 0 saturated heterocycles. The fourth-order valence-electron chi connectivity index (χ4n) is 1.74. The van der Waals surface area contributed by atoms with Gasteiger partial charge in [-0.1, -0.05) is 13.8 Å². The van der Waals surface area contributed by atoms with Crippen LogP contribution in [0.5, 0.6) is 0 Å². The van der Waals surface area contributed by atoms with Gasteiger partial charge < -0.3 is 5.73 Å². The van der Waals surface area contributed by atoms with Crippen LogP contribution in [-0.4, -0.2) is 11.0 Å². The number of nitrogens with two attached hydrogens (primary N) is 1. The number of hydrogen-bond donors (Lipinski definition) is 1. The van der Waals surface area contributed by atoms with Crippen LogP contribution in [0.1, 0.15) is 29.7 Å². The van der Waals surface area contributed by atoms with Crippen molar-refractivity contribution in [3.05, 3.63) is 16.1 Å². The second kappa shape index (κ2) is 2.30. The third-order valence-electron chi connectivity index (χ3n) is 2.86. The first-order valence-corrected chi connectivity index (χ1v) is 5.03. The van der Waals surface area contributed by atoms with Crippen LogP contribution in [-0.2, 0) is 0 Å². The molecule has 0 aromatic carbocycles. The molecule has 2 nitrogen and oxygen atoms in total. The highest BCUT2D eigenvalue weighted by atomic mass is 32.1. The summed E-state index contributed by atoms with van der Waals surface area (Å²) in [6.07, 6.45) is 1.97. The minimum atomic E-state index is 0.291. The fraction of sp³-hybridized carbons (Fsp3) is 0.667. The maximum atomic E-state index is 5.96. The number of rotatable bonds is 1. The number of nitrogens with zero attached hydrogens (tertiary/aromatic N) is 1. The van der Waals surface area contributed by atoms with E-state index in [-0.39, 0.29) is 0 Å². The second-order valence-corrected chi connectivity index (χ2v) is 5.37. The third-order valence-corrected chi connectivity index (χ3v) is 3.85. The Morgan fingerprint density at radius 2 is 2.17 bits per heavy atom. The van der Waals surface area contributed by atoms with Gasteiger partial charge in [-0.15, -0.1) is 11.3 Å². The maximum Gasteiger partial charge on any atom is 0.0896 e. The molecule has 2 rings (SSSR count). The van der Waals surface area contributed by atoms with Crippen LogP contribution >= 0.6 is 11.3 Å². The van der Waals surface area contributed by atoms with E-state index in [2.05, 4.69) is 18.8 Å². The molecular weight excluding hydrogens is 168 g/mol. The van der Waals surface area contributed by atoms with Crippen molar-refractivity contribution in [3.8, 4) is 0 Å². The molecule has 1 aliphatic carbocycles. The van der Waals surface area contributed by atoms with Crippen LogP contribution in [0.4, 0.5) is 0 Å². The van der Waals surface area contributed by atoms with Gasteiger partial charge in [0.05, 0.1) is 5.01 Å². The minimum Gasteiger partial charge on any atom is -0.327 e. The smallest absolute Gasteiger partial charge is 0.0896 e. The summed E-state index contributed by atoms with van der Waals surface area (Å²) in [5.74, 6) is 0.545. The molecule has 2 atom stereocenters. The molecule has 0 spiro atoms. The predicted molar refractivity (Wildman–Crippen MR) is 51.3 cm³/mol. The van der Waals surface area contributed by atoms with E-state index in [0.29, 0.717) is 17.4 Å². The molecule has 12 heavy (non-hydrogen) atoms. The van der Waals surface area contributed by atoms with Gasteiger partial charge in [0.15, 0.2) is 0 Å². The zero-order chi connectivity index (χ0) is 8.93. The van der Waals surface area contributed by atoms with E-state index in [1.54, 1.807) is 11.3 Å². The Morgan fingerprint density at radius 3 is 2.50 bits per heavy atom. The molecule has 1 aromatic heterocycles. The van der Waals surface area contributed by atoms with Gasteiger partial charge in [-0.3, -0.25) is 0 Å². The molecule has 0 radical (unpaired) electrons. The van der Waals surface area contributed by atoms with E-state index in [1.807, 2.05) is 13.1 Å². The van der Waals surface area contributed by atoms with Crippen molar-refractivity contribution in [2.75, 3.05) is 0 Å². The first kappa shape index (κ1) is 8.20. The largest absolute Gasteiger partial charge is 0.327 e. The van der Waals surface area contributed by atoms with Gasteiger partial charge in [-0.05, 0) is 12.3 Å². The average molecular weight is 182 g/mol. The van der Waals surface area contributed by atoms with Gasteiger partial charge in [0.2, 0.25) is 0 Å². The normalized spacial score (nSPS) is 32.0. The standard InChI is InChI=1S/C9H14N2S/c1-5-11-4-6(12-5)7-8(10)9(7,2)3/h4,7-8H,10H2,1-3H3/t7-,8-/m1/s1. The van der Waals surface area contributed by atoms with Crippen LogP contribution in [0.3, 0.4) is 0 Å². The SMILES string of the molecule is Cc1ncc([C@@H]2[C@@H](N)C2(C)C)s1. The Kier molecular flexibility index (Phi) is 1.57. The maximum absolute atomic E-state index is 5.96. The summed E-state index contributed by atoms with van der Waals surface area (Å²) in [7, 11) is 0. The Hall–Kier alpha value is -0.410. The highest BCUT2D eigenvalue weighted by Crippen LogP contribution is 2.58. The lowest BCUT2D eigenvalue weighted by atomic mass is 10.1. The van der Waals surface area contributed by atoms with Crippen LogP contribution in [0, 0.1) is 12.3 Å². The van der Waals surface area contributed by atoms with Gasteiger partial charge in [0.25, 0.3) is 0 Å². The van der Waals surface area contributed by atoms with Crippen LogP contribution in [0.2, 0.25) is 0 Å². The summed E-state index contributed by atoms with van der Waals surface area (Å²) in [5.41, 5.74) is 6.26. The quantitative estimate of drug-likeness (QED) is 0.720. The van der Waals surface area contributed by atoms with Crippen molar-refractivity contribution in [2.24, 2.45) is 11.1 Å². The van der Waals surface area contributed by atoms with Crippen LogP contribution in [0.25, 0.3) is 0 Å². The molecule has 0 amide bonds. The lowest BCUT2D eigenvalue weighted by molar-refractivity contribution is 0.601. The van der Waals surface area contributed by atoms with Crippen molar-refractivity contribution in [2.45, 2.75) is 32.7 Å². The van der Waals surface area contributed by atoms with Crippen LogP contribution in [0.15, 0.2) is 6.20 Å². The first-order chi connectivity index (χ1) is 5.53. The monoisotopic (exact) mass is 182 g/mol. The van der Waals surface area contributed by atoms with Gasteiger partial charge >= 0.3 is 0 Å². The molecule has 2 N–H and O–H groups in total. The molecule has 1 heterocycles. The van der Waals surface area contributed by atoms with E-state index in [0.717, 1.165) is 5.01 Å². The Labute approximate surface area is 76.8 Å². The highest BCUT2D eigenvalue weighted by molar-refractivity contribution is 7.11. The topological polar surface area (TPSA) is 38.9 Å². The summed E-state index contributed by atoms with van der Waals surface area (Å²) >= 11 is 1.77. The summed E-state index contributed by atoms with van der Waals surface area (Å²) in [6.45, 7) is 6.48. The molecule has 1 aromatic rings. The molecule has 0 unspecified atom stereocenters.